The third kappa shape index (κ3) is 6.76. The normalized spacial score (nSPS) is 12.3. The van der Waals surface area contributed by atoms with Crippen LogP contribution in [0.25, 0.3) is 0 Å². The van der Waals surface area contributed by atoms with Gasteiger partial charge in [0, 0.05) is 6.54 Å². The highest BCUT2D eigenvalue weighted by Gasteiger charge is 2.19. The number of carbonyl (C=O) groups excluding carboxylic acids is 1. The van der Waals surface area contributed by atoms with E-state index < -0.39 is 0 Å². The first-order chi connectivity index (χ1) is 13.5. The zero-order chi connectivity index (χ0) is 20.4. The Kier molecular flexibility index (Phi) is 8.60. The number of methoxy groups -OCH3 is 1. The molecule has 0 aliphatic heterocycles. The van der Waals surface area contributed by atoms with Crippen molar-refractivity contribution in [3.8, 4) is 11.5 Å². The molecule has 2 rings (SSSR count). The van der Waals surface area contributed by atoms with Crippen molar-refractivity contribution in [2.75, 3.05) is 7.11 Å². The van der Waals surface area contributed by atoms with E-state index in [2.05, 4.69) is 31.3 Å². The summed E-state index contributed by atoms with van der Waals surface area (Å²) in [6.45, 7) is 4.72. The molecular weight excluding hydrogens is 350 g/mol. The first-order valence-corrected chi connectivity index (χ1v) is 9.86. The number of carbonyl (C=O) groups is 1. The van der Waals surface area contributed by atoms with Crippen LogP contribution >= 0.6 is 0 Å². The molecule has 0 aromatic heterocycles. The second-order valence-corrected chi connectivity index (χ2v) is 7.29. The van der Waals surface area contributed by atoms with Crippen LogP contribution in [-0.4, -0.2) is 18.1 Å². The Morgan fingerprint density at radius 2 is 1.93 bits per heavy atom. The van der Waals surface area contributed by atoms with E-state index in [1.165, 1.54) is 7.11 Å². The van der Waals surface area contributed by atoms with Gasteiger partial charge in [-0.2, -0.15) is 0 Å². The second kappa shape index (κ2) is 11.2. The second-order valence-electron chi connectivity index (χ2n) is 7.29. The number of phenolic OH excluding ortho intramolecular Hbond substituents is 1. The standard InChI is InChI=1S/C24H31NO3/c1-18(2)10-6-4-9-13-21(20-11-7-5-8-12-20)24(27)25-17-19-14-15-22(26)23(16-19)28-3/h5-8,10-12,14-16,18,21,26H,4,9,13,17H2,1-3H3,(H,25,27). The van der Waals surface area contributed by atoms with Crippen LogP contribution in [0.1, 0.15) is 50.2 Å². The van der Waals surface area contributed by atoms with Gasteiger partial charge in [0.25, 0.3) is 0 Å². The molecule has 4 heteroatoms. The lowest BCUT2D eigenvalue weighted by molar-refractivity contribution is -0.122. The summed E-state index contributed by atoms with van der Waals surface area (Å²) in [6, 6.07) is 15.0. The predicted molar refractivity (Wildman–Crippen MR) is 114 cm³/mol. The Balaban J connectivity index is 2.00. The topological polar surface area (TPSA) is 58.6 Å². The summed E-state index contributed by atoms with van der Waals surface area (Å²) in [4.78, 5) is 12.9. The van der Waals surface area contributed by atoms with Gasteiger partial charge in [0.05, 0.1) is 13.0 Å². The quantitative estimate of drug-likeness (QED) is 0.440. The van der Waals surface area contributed by atoms with Gasteiger partial charge in [0.15, 0.2) is 11.5 Å². The predicted octanol–water partition coefficient (Wildman–Crippen LogP) is 5.18. The van der Waals surface area contributed by atoms with Crippen LogP contribution < -0.4 is 10.1 Å². The molecule has 0 aliphatic rings. The largest absolute Gasteiger partial charge is 0.504 e. The molecule has 0 fully saturated rings. The zero-order valence-corrected chi connectivity index (χ0v) is 17.0. The Labute approximate surface area is 168 Å². The summed E-state index contributed by atoms with van der Waals surface area (Å²) >= 11 is 0. The van der Waals surface area contributed by atoms with Gasteiger partial charge in [-0.25, -0.2) is 0 Å². The molecule has 0 aliphatic carbocycles. The first kappa shape index (κ1) is 21.5. The number of benzene rings is 2. The number of nitrogens with one attached hydrogen (secondary N) is 1. The molecule has 0 heterocycles. The van der Waals surface area contributed by atoms with Gasteiger partial charge >= 0.3 is 0 Å². The van der Waals surface area contributed by atoms with Crippen molar-refractivity contribution in [2.24, 2.45) is 5.92 Å². The number of allylic oxidation sites excluding steroid dienone is 2. The van der Waals surface area contributed by atoms with Gasteiger partial charge < -0.3 is 15.2 Å². The molecule has 1 amide bonds. The molecular formula is C24H31NO3. The van der Waals surface area contributed by atoms with E-state index in [-0.39, 0.29) is 17.6 Å². The molecule has 2 N–H and O–H groups in total. The van der Waals surface area contributed by atoms with Crippen molar-refractivity contribution >= 4 is 5.91 Å². The Morgan fingerprint density at radius 1 is 1.18 bits per heavy atom. The lowest BCUT2D eigenvalue weighted by Crippen LogP contribution is -2.29. The fourth-order valence-electron chi connectivity index (χ4n) is 3.09. The van der Waals surface area contributed by atoms with Crippen LogP contribution in [0, 0.1) is 5.92 Å². The first-order valence-electron chi connectivity index (χ1n) is 9.86. The van der Waals surface area contributed by atoms with E-state index in [9.17, 15) is 9.90 Å². The fourth-order valence-corrected chi connectivity index (χ4v) is 3.09. The summed E-state index contributed by atoms with van der Waals surface area (Å²) in [5.41, 5.74) is 1.92. The van der Waals surface area contributed by atoms with Crippen LogP contribution in [0.2, 0.25) is 0 Å². The molecule has 1 unspecified atom stereocenters. The third-order valence-corrected chi connectivity index (χ3v) is 4.61. The van der Waals surface area contributed by atoms with E-state index in [1.807, 2.05) is 30.3 Å². The molecule has 0 bridgehead atoms. The van der Waals surface area contributed by atoms with Gasteiger partial charge in [-0.3, -0.25) is 4.79 Å². The SMILES string of the molecule is COc1cc(CNC(=O)C(CCCC=CC(C)C)c2ccccc2)ccc1O. The number of aromatic hydroxyl groups is 1. The molecule has 0 saturated heterocycles. The highest BCUT2D eigenvalue weighted by atomic mass is 16.5. The number of phenols is 1. The number of hydrogen-bond donors (Lipinski definition) is 2. The summed E-state index contributed by atoms with van der Waals surface area (Å²) < 4.78 is 5.13. The number of unbranched alkanes of at least 4 members (excludes halogenated alkanes) is 1. The van der Waals surface area contributed by atoms with E-state index in [0.29, 0.717) is 18.2 Å². The van der Waals surface area contributed by atoms with Crippen LogP contribution in [-0.2, 0) is 11.3 Å². The van der Waals surface area contributed by atoms with Gasteiger partial charge in [-0.1, -0.05) is 62.4 Å². The Bertz CT molecular complexity index is 769. The van der Waals surface area contributed by atoms with Crippen molar-refractivity contribution in [1.29, 1.82) is 0 Å². The fraction of sp³-hybridized carbons (Fsp3) is 0.375. The molecule has 2 aromatic carbocycles. The summed E-state index contributed by atoms with van der Waals surface area (Å²) in [7, 11) is 1.51. The summed E-state index contributed by atoms with van der Waals surface area (Å²) in [5.74, 6) is 0.895. The maximum atomic E-state index is 12.9. The van der Waals surface area contributed by atoms with Crippen molar-refractivity contribution in [3.63, 3.8) is 0 Å². The van der Waals surface area contributed by atoms with Crippen molar-refractivity contribution in [2.45, 2.75) is 45.6 Å². The maximum absolute atomic E-state index is 12.9. The Morgan fingerprint density at radius 3 is 2.61 bits per heavy atom. The minimum absolute atomic E-state index is 0.0195. The zero-order valence-electron chi connectivity index (χ0n) is 17.0. The molecule has 2 aromatic rings. The van der Waals surface area contributed by atoms with Crippen LogP contribution in [0.5, 0.6) is 11.5 Å². The molecule has 0 spiro atoms. The molecule has 0 saturated carbocycles. The van der Waals surface area contributed by atoms with E-state index in [4.69, 9.17) is 4.74 Å². The van der Waals surface area contributed by atoms with Crippen LogP contribution in [0.15, 0.2) is 60.7 Å². The Hall–Kier alpha value is -2.75. The molecule has 28 heavy (non-hydrogen) atoms. The highest BCUT2D eigenvalue weighted by Crippen LogP contribution is 2.27. The number of ether oxygens (including phenoxy) is 1. The molecule has 0 radical (unpaired) electrons. The number of hydrogen-bond acceptors (Lipinski definition) is 3. The minimum Gasteiger partial charge on any atom is -0.504 e. The number of amides is 1. The van der Waals surface area contributed by atoms with Crippen molar-refractivity contribution in [3.05, 3.63) is 71.8 Å². The van der Waals surface area contributed by atoms with E-state index in [0.717, 1.165) is 30.4 Å². The average Bonchev–Trinajstić information content (AvgIpc) is 2.70. The summed E-state index contributed by atoms with van der Waals surface area (Å²) in [6.07, 6.45) is 7.15. The lowest BCUT2D eigenvalue weighted by Gasteiger charge is -2.17. The van der Waals surface area contributed by atoms with Gasteiger partial charge in [0.1, 0.15) is 0 Å². The van der Waals surface area contributed by atoms with Gasteiger partial charge in [-0.05, 0) is 48.4 Å². The van der Waals surface area contributed by atoms with Gasteiger partial charge in [-0.15, -0.1) is 0 Å². The monoisotopic (exact) mass is 381 g/mol. The summed E-state index contributed by atoms with van der Waals surface area (Å²) in [5, 5.41) is 12.7. The van der Waals surface area contributed by atoms with Crippen LogP contribution in [0.3, 0.4) is 0 Å². The molecule has 150 valence electrons. The smallest absolute Gasteiger partial charge is 0.227 e. The maximum Gasteiger partial charge on any atom is 0.227 e. The van der Waals surface area contributed by atoms with Crippen molar-refractivity contribution in [1.82, 2.24) is 5.32 Å². The highest BCUT2D eigenvalue weighted by molar-refractivity contribution is 5.83. The average molecular weight is 382 g/mol. The third-order valence-electron chi connectivity index (χ3n) is 4.61. The molecule has 1 atom stereocenters. The minimum atomic E-state index is -0.173. The van der Waals surface area contributed by atoms with Gasteiger partial charge in [0.2, 0.25) is 5.91 Å². The molecule has 4 nitrogen and oxygen atoms in total. The van der Waals surface area contributed by atoms with E-state index >= 15 is 0 Å². The van der Waals surface area contributed by atoms with E-state index in [1.54, 1.807) is 18.2 Å². The van der Waals surface area contributed by atoms with Crippen LogP contribution in [0.4, 0.5) is 0 Å². The number of rotatable bonds is 10. The van der Waals surface area contributed by atoms with Crippen molar-refractivity contribution < 1.29 is 14.6 Å². The lowest BCUT2D eigenvalue weighted by atomic mass is 9.92.